The Balaban J connectivity index is 1.67. The fourth-order valence-corrected chi connectivity index (χ4v) is 4.05. The fourth-order valence-electron chi connectivity index (χ4n) is 3.70. The maximum atomic E-state index is 3.56. The first-order valence-corrected chi connectivity index (χ1v) is 13.8. The summed E-state index contributed by atoms with van der Waals surface area (Å²) in [4.78, 5) is 0. The topological polar surface area (TPSA) is 24.1 Å². The van der Waals surface area contributed by atoms with E-state index in [1.165, 1.54) is 125 Å². The van der Waals surface area contributed by atoms with Crippen LogP contribution in [-0.4, -0.2) is 29.9 Å². The van der Waals surface area contributed by atoms with Crippen LogP contribution in [0.3, 0.4) is 0 Å². The van der Waals surface area contributed by atoms with Crippen LogP contribution in [0.2, 0.25) is 6.04 Å². The van der Waals surface area contributed by atoms with E-state index in [2.05, 4.69) is 41.0 Å². The van der Waals surface area contributed by atoms with Crippen LogP contribution >= 0.6 is 0 Å². The van der Waals surface area contributed by atoms with Crippen molar-refractivity contribution in [1.29, 1.82) is 0 Å². The molecule has 0 saturated carbocycles. The van der Waals surface area contributed by atoms with Crippen LogP contribution in [0.1, 0.15) is 95.5 Å². The summed E-state index contributed by atoms with van der Waals surface area (Å²) < 4.78 is 0. The number of unbranched alkanes of at least 4 members (excludes halogenated alkanes) is 12. The minimum absolute atomic E-state index is 1.01. The molecule has 0 amide bonds. The highest BCUT2D eigenvalue weighted by Crippen LogP contribution is 2.12. The molecule has 0 bridgehead atoms. The second kappa shape index (κ2) is 21.1. The van der Waals surface area contributed by atoms with E-state index in [0.29, 0.717) is 0 Å². The molecule has 1 rings (SSSR count). The lowest BCUT2D eigenvalue weighted by Crippen LogP contribution is -2.16. The predicted octanol–water partition coefficient (Wildman–Crippen LogP) is 5.61. The molecule has 3 heteroatoms. The molecule has 0 atom stereocenters. The summed E-state index contributed by atoms with van der Waals surface area (Å²) in [6.45, 7) is 4.65. The lowest BCUT2D eigenvalue weighted by Gasteiger charge is -2.05. The van der Waals surface area contributed by atoms with Crippen molar-refractivity contribution in [1.82, 2.24) is 10.6 Å². The Morgan fingerprint density at radius 3 is 1.43 bits per heavy atom. The molecule has 0 unspecified atom stereocenters. The Hall–Kier alpha value is -0.643. The van der Waals surface area contributed by atoms with E-state index in [9.17, 15) is 0 Å². The second-order valence-electron chi connectivity index (χ2n) is 8.36. The van der Waals surface area contributed by atoms with Gasteiger partial charge >= 0.3 is 0 Å². The van der Waals surface area contributed by atoms with E-state index < -0.39 is 0 Å². The van der Waals surface area contributed by atoms with Gasteiger partial charge < -0.3 is 10.6 Å². The van der Waals surface area contributed by atoms with Crippen LogP contribution in [0, 0.1) is 0 Å². The van der Waals surface area contributed by atoms with Crippen molar-refractivity contribution >= 4 is 10.2 Å². The van der Waals surface area contributed by atoms with Crippen LogP contribution in [0.25, 0.3) is 0 Å². The number of rotatable bonds is 21. The molecule has 0 aliphatic heterocycles. The predicted molar refractivity (Wildman–Crippen MR) is 130 cm³/mol. The standard InChI is InChI=1S/C25H48N2Si/c28-23-17-22-26-20-15-10-8-6-4-2-1-3-5-7-9-11-16-21-27-24-25-18-13-12-14-19-25/h12-14,18-19,26-27H,1-11,15-17,20-24H2,28H3. The Morgan fingerprint density at radius 1 is 0.500 bits per heavy atom. The molecular weight excluding hydrogens is 356 g/mol. The fraction of sp³-hybridized carbons (Fsp3) is 0.760. The summed E-state index contributed by atoms with van der Waals surface area (Å²) in [5.74, 6) is 0. The molecule has 2 N–H and O–H groups in total. The normalized spacial score (nSPS) is 11.3. The van der Waals surface area contributed by atoms with Crippen LogP contribution in [-0.2, 0) is 6.54 Å². The van der Waals surface area contributed by atoms with E-state index in [1.54, 1.807) is 0 Å². The SMILES string of the molecule is [SiH3]CCCNCCCCCCCCCCCCCCCNCc1ccccc1. The first-order chi connectivity index (χ1) is 13.9. The van der Waals surface area contributed by atoms with Gasteiger partial charge in [0.05, 0.1) is 0 Å². The van der Waals surface area contributed by atoms with Crippen molar-refractivity contribution in [2.24, 2.45) is 0 Å². The van der Waals surface area contributed by atoms with E-state index in [-0.39, 0.29) is 0 Å². The summed E-state index contributed by atoms with van der Waals surface area (Å²) in [6.07, 6.45) is 19.9. The third-order valence-corrected chi connectivity index (χ3v) is 6.29. The smallest absolute Gasteiger partial charge is 0.0205 e. The van der Waals surface area contributed by atoms with Crippen molar-refractivity contribution in [2.75, 3.05) is 19.6 Å². The van der Waals surface area contributed by atoms with Gasteiger partial charge in [-0.25, -0.2) is 0 Å². The highest BCUT2D eigenvalue weighted by molar-refractivity contribution is 6.08. The van der Waals surface area contributed by atoms with Gasteiger partial charge in [-0.1, -0.05) is 107 Å². The van der Waals surface area contributed by atoms with Gasteiger partial charge in [0.25, 0.3) is 0 Å². The Labute approximate surface area is 179 Å². The monoisotopic (exact) mass is 404 g/mol. The van der Waals surface area contributed by atoms with Crippen molar-refractivity contribution in [2.45, 2.75) is 102 Å². The van der Waals surface area contributed by atoms with Gasteiger partial charge in [0.15, 0.2) is 0 Å². The molecule has 28 heavy (non-hydrogen) atoms. The maximum Gasteiger partial charge on any atom is 0.0205 e. The van der Waals surface area contributed by atoms with Crippen LogP contribution in [0.5, 0.6) is 0 Å². The molecule has 2 nitrogen and oxygen atoms in total. The van der Waals surface area contributed by atoms with E-state index in [0.717, 1.165) is 13.1 Å². The van der Waals surface area contributed by atoms with Gasteiger partial charge in [-0.15, -0.1) is 0 Å². The van der Waals surface area contributed by atoms with E-state index >= 15 is 0 Å². The summed E-state index contributed by atoms with van der Waals surface area (Å²) in [7, 11) is 1.36. The quantitative estimate of drug-likeness (QED) is 0.205. The maximum absolute atomic E-state index is 3.56. The van der Waals surface area contributed by atoms with Gasteiger partial charge in [-0.3, -0.25) is 0 Å². The molecule has 1 aromatic carbocycles. The molecule has 0 aliphatic carbocycles. The van der Waals surface area contributed by atoms with Crippen LogP contribution in [0.4, 0.5) is 0 Å². The summed E-state index contributed by atoms with van der Waals surface area (Å²) in [6, 6.07) is 12.2. The summed E-state index contributed by atoms with van der Waals surface area (Å²) >= 11 is 0. The van der Waals surface area contributed by atoms with Crippen LogP contribution < -0.4 is 10.6 Å². The molecule has 0 aromatic heterocycles. The number of benzene rings is 1. The highest BCUT2D eigenvalue weighted by atomic mass is 28.1. The van der Waals surface area contributed by atoms with Crippen molar-refractivity contribution in [3.05, 3.63) is 35.9 Å². The molecule has 1 aromatic rings. The lowest BCUT2D eigenvalue weighted by atomic mass is 10.0. The summed E-state index contributed by atoms with van der Waals surface area (Å²) in [5.41, 5.74) is 1.39. The summed E-state index contributed by atoms with van der Waals surface area (Å²) in [5, 5.41) is 7.12. The van der Waals surface area contributed by atoms with Crippen molar-refractivity contribution in [3.8, 4) is 0 Å². The average molecular weight is 405 g/mol. The molecule has 0 aliphatic rings. The third kappa shape index (κ3) is 17.5. The molecule has 0 fully saturated rings. The second-order valence-corrected chi connectivity index (χ2v) is 9.36. The molecular formula is C25H48N2Si. The third-order valence-electron chi connectivity index (χ3n) is 5.59. The van der Waals surface area contributed by atoms with Gasteiger partial charge in [-0.2, -0.15) is 0 Å². The first-order valence-electron chi connectivity index (χ1n) is 12.4. The zero-order valence-corrected chi connectivity index (χ0v) is 20.8. The number of hydrogen-bond donors (Lipinski definition) is 2. The minimum atomic E-state index is 1.01. The Kier molecular flexibility index (Phi) is 19.1. The first kappa shape index (κ1) is 25.4. The van der Waals surface area contributed by atoms with E-state index in [1.807, 2.05) is 0 Å². The van der Waals surface area contributed by atoms with E-state index in [4.69, 9.17) is 0 Å². The zero-order chi connectivity index (χ0) is 20.0. The Bertz CT molecular complexity index is 410. The van der Waals surface area contributed by atoms with Crippen LogP contribution in [0.15, 0.2) is 30.3 Å². The Morgan fingerprint density at radius 2 is 0.929 bits per heavy atom. The van der Waals surface area contributed by atoms with Crippen molar-refractivity contribution < 1.29 is 0 Å². The molecule has 0 radical (unpaired) electrons. The molecule has 162 valence electrons. The lowest BCUT2D eigenvalue weighted by molar-refractivity contribution is 0.526. The molecule has 0 heterocycles. The van der Waals surface area contributed by atoms with Crippen molar-refractivity contribution in [3.63, 3.8) is 0 Å². The average Bonchev–Trinajstić information content (AvgIpc) is 2.73. The molecule has 0 saturated heterocycles. The number of hydrogen-bond acceptors (Lipinski definition) is 2. The zero-order valence-electron chi connectivity index (χ0n) is 18.8. The van der Waals surface area contributed by atoms with Gasteiger partial charge in [-0.05, 0) is 44.5 Å². The minimum Gasteiger partial charge on any atom is -0.317 e. The largest absolute Gasteiger partial charge is 0.317 e. The molecule has 0 spiro atoms. The van der Waals surface area contributed by atoms with Gasteiger partial charge in [0.2, 0.25) is 0 Å². The highest BCUT2D eigenvalue weighted by Gasteiger charge is 1.95. The number of nitrogens with one attached hydrogen (secondary N) is 2. The van der Waals surface area contributed by atoms with Gasteiger partial charge in [0.1, 0.15) is 0 Å². The van der Waals surface area contributed by atoms with Gasteiger partial charge in [0, 0.05) is 16.8 Å².